The van der Waals surface area contributed by atoms with Crippen molar-refractivity contribution in [1.29, 1.82) is 0 Å². The third-order valence-corrected chi connectivity index (χ3v) is 7.24. The summed E-state index contributed by atoms with van der Waals surface area (Å²) in [6.07, 6.45) is 6.67. The lowest BCUT2D eigenvalue weighted by molar-refractivity contribution is -0.0450. The molecule has 2 heterocycles. The minimum atomic E-state index is -0.505. The zero-order valence-corrected chi connectivity index (χ0v) is 19.4. The van der Waals surface area contributed by atoms with Crippen molar-refractivity contribution < 1.29 is 19.1 Å². The van der Waals surface area contributed by atoms with Crippen LogP contribution in [0.25, 0.3) is 0 Å². The van der Waals surface area contributed by atoms with Crippen LogP contribution < -0.4 is 20.7 Å². The number of carbonyl (C=O) groups excluding carboxylic acids is 2. The van der Waals surface area contributed by atoms with Crippen LogP contribution in [0.15, 0.2) is 42.6 Å². The molecule has 180 valence electrons. The largest absolute Gasteiger partial charge is 0.414 e. The van der Waals surface area contributed by atoms with Gasteiger partial charge in [-0.25, -0.2) is 4.79 Å². The van der Waals surface area contributed by atoms with Crippen LogP contribution >= 0.6 is 0 Å². The molecule has 2 atom stereocenters. The van der Waals surface area contributed by atoms with Crippen LogP contribution in [-0.4, -0.2) is 53.3 Å². The van der Waals surface area contributed by atoms with Crippen LogP contribution in [-0.2, 0) is 4.74 Å². The molecule has 6 rings (SSSR count). The van der Waals surface area contributed by atoms with Crippen molar-refractivity contribution in [1.82, 2.24) is 20.6 Å². The first-order chi connectivity index (χ1) is 16.5. The molecule has 2 aromatic rings. The minimum absolute atomic E-state index is 0.151. The number of methoxy groups -OCH3 is 1. The summed E-state index contributed by atoms with van der Waals surface area (Å²) >= 11 is 0. The molecule has 0 aromatic carbocycles. The van der Waals surface area contributed by atoms with Crippen LogP contribution in [0, 0.1) is 11.8 Å². The lowest BCUT2D eigenvalue weighted by Gasteiger charge is -2.61. The molecular formula is C25H31N5O4. The van der Waals surface area contributed by atoms with Crippen LogP contribution in [0.3, 0.4) is 0 Å². The molecule has 0 spiro atoms. The number of hydrogen-bond acceptors (Lipinski definition) is 7. The highest BCUT2D eigenvalue weighted by atomic mass is 16.6. The number of aromatic nitrogens is 2. The van der Waals surface area contributed by atoms with Gasteiger partial charge in [0.25, 0.3) is 5.91 Å². The maximum Gasteiger partial charge on any atom is 0.414 e. The topological polar surface area (TPSA) is 114 Å². The lowest BCUT2D eigenvalue weighted by atomic mass is 9.50. The van der Waals surface area contributed by atoms with Gasteiger partial charge < -0.3 is 25.4 Å². The zero-order chi connectivity index (χ0) is 23.6. The highest BCUT2D eigenvalue weighted by Gasteiger charge is 2.59. The van der Waals surface area contributed by atoms with E-state index in [9.17, 15) is 9.59 Å². The summed E-state index contributed by atoms with van der Waals surface area (Å²) in [5.74, 6) is 1.65. The Hall–Kier alpha value is -3.20. The molecule has 0 saturated heterocycles. The molecule has 4 aliphatic rings. The van der Waals surface area contributed by atoms with Crippen molar-refractivity contribution in [3.05, 3.63) is 48.3 Å². The lowest BCUT2D eigenvalue weighted by Crippen LogP contribution is -2.70. The Labute approximate surface area is 199 Å². The van der Waals surface area contributed by atoms with E-state index in [1.54, 1.807) is 37.6 Å². The molecule has 9 nitrogen and oxygen atoms in total. The minimum Gasteiger partial charge on any atom is -0.391 e. The van der Waals surface area contributed by atoms with Crippen LogP contribution in [0.4, 0.5) is 10.6 Å². The first kappa shape index (κ1) is 22.6. The van der Waals surface area contributed by atoms with E-state index in [4.69, 9.17) is 9.47 Å². The fourth-order valence-electron chi connectivity index (χ4n) is 6.55. The van der Waals surface area contributed by atoms with Gasteiger partial charge in [-0.3, -0.25) is 9.78 Å². The third-order valence-electron chi connectivity index (χ3n) is 7.24. The second-order valence-electron chi connectivity index (χ2n) is 9.99. The van der Waals surface area contributed by atoms with Gasteiger partial charge >= 0.3 is 6.09 Å². The molecule has 0 aliphatic heterocycles. The fourth-order valence-corrected chi connectivity index (χ4v) is 6.55. The Morgan fingerprint density at radius 3 is 2.50 bits per heavy atom. The van der Waals surface area contributed by atoms with E-state index in [1.165, 1.54) is 0 Å². The van der Waals surface area contributed by atoms with E-state index in [0.29, 0.717) is 42.9 Å². The zero-order valence-electron chi connectivity index (χ0n) is 19.4. The van der Waals surface area contributed by atoms with Crippen LogP contribution in [0.5, 0.6) is 5.88 Å². The number of amides is 2. The van der Waals surface area contributed by atoms with Gasteiger partial charge in [0.05, 0.1) is 6.61 Å². The van der Waals surface area contributed by atoms with E-state index in [0.717, 1.165) is 32.1 Å². The van der Waals surface area contributed by atoms with Gasteiger partial charge in [-0.2, -0.15) is 4.98 Å². The van der Waals surface area contributed by atoms with Crippen molar-refractivity contribution in [3.8, 4) is 5.88 Å². The Morgan fingerprint density at radius 2 is 1.79 bits per heavy atom. The van der Waals surface area contributed by atoms with Gasteiger partial charge in [0.15, 0.2) is 0 Å². The van der Waals surface area contributed by atoms with E-state index in [2.05, 4.69) is 25.9 Å². The molecule has 4 saturated carbocycles. The molecule has 3 N–H and O–H groups in total. The second kappa shape index (κ2) is 9.21. The highest BCUT2D eigenvalue weighted by Crippen LogP contribution is 2.57. The number of ether oxygens (including phenoxy) is 2. The van der Waals surface area contributed by atoms with E-state index >= 15 is 0 Å². The average Bonchev–Trinajstić information content (AvgIpc) is 2.78. The summed E-state index contributed by atoms with van der Waals surface area (Å²) in [5, 5.41) is 9.60. The maximum absolute atomic E-state index is 12.9. The summed E-state index contributed by atoms with van der Waals surface area (Å²) < 4.78 is 10.6. The Morgan fingerprint density at radius 1 is 1.03 bits per heavy atom. The molecule has 2 unspecified atom stereocenters. The smallest absolute Gasteiger partial charge is 0.391 e. The van der Waals surface area contributed by atoms with E-state index < -0.39 is 6.09 Å². The van der Waals surface area contributed by atoms with Crippen molar-refractivity contribution in [2.45, 2.75) is 49.6 Å². The maximum atomic E-state index is 12.9. The molecule has 2 aromatic heterocycles. The summed E-state index contributed by atoms with van der Waals surface area (Å²) in [7, 11) is 1.64. The quantitative estimate of drug-likeness (QED) is 0.513. The fraction of sp³-hybridized carbons (Fsp3) is 0.520. The Balaban J connectivity index is 1.25. The molecule has 9 heteroatoms. The molecule has 4 fully saturated rings. The number of carbonyl (C=O) groups is 2. The predicted octanol–water partition coefficient (Wildman–Crippen LogP) is 3.14. The van der Waals surface area contributed by atoms with Crippen molar-refractivity contribution in [3.63, 3.8) is 0 Å². The summed E-state index contributed by atoms with van der Waals surface area (Å²) in [6, 6.07) is 10.6. The summed E-state index contributed by atoms with van der Waals surface area (Å²) in [6.45, 7) is 1.16. The summed E-state index contributed by atoms with van der Waals surface area (Å²) in [4.78, 5) is 34.4. The number of anilines is 1. The van der Waals surface area contributed by atoms with Gasteiger partial charge in [-0.05, 0) is 68.6 Å². The SMILES string of the molecule is COCCNc1cccc(OC(=O)NC23CC4CC(C2)CC(NC(=O)c2ccccn2)(C4)C3)n1. The standard InChI is InChI=1S/C25H31N5O4/c1-33-10-9-27-20-6-4-7-21(28-20)34-23(32)30-25-14-17-11-18(15-25)13-24(12-17,16-25)29-22(31)19-5-2-3-8-26-19/h2-8,17-18H,9-16H2,1H3,(H,27,28)(H,29,31)(H,30,32). The second-order valence-corrected chi connectivity index (χ2v) is 9.99. The average molecular weight is 466 g/mol. The molecule has 34 heavy (non-hydrogen) atoms. The first-order valence-electron chi connectivity index (χ1n) is 11.9. The van der Waals surface area contributed by atoms with Gasteiger partial charge in [0.2, 0.25) is 5.88 Å². The molecule has 2 amide bonds. The molecular weight excluding hydrogens is 434 g/mol. The van der Waals surface area contributed by atoms with Crippen molar-refractivity contribution >= 4 is 17.8 Å². The number of nitrogens with zero attached hydrogens (tertiary/aromatic N) is 2. The molecule has 4 aliphatic carbocycles. The first-order valence-corrected chi connectivity index (χ1v) is 11.9. The van der Waals surface area contributed by atoms with Gasteiger partial charge in [-0.15, -0.1) is 0 Å². The van der Waals surface area contributed by atoms with Crippen molar-refractivity contribution in [2.75, 3.05) is 25.6 Å². The molecule has 0 radical (unpaired) electrons. The number of rotatable bonds is 8. The molecule has 4 bridgehead atoms. The summed E-state index contributed by atoms with van der Waals surface area (Å²) in [5.41, 5.74) is -0.285. The van der Waals surface area contributed by atoms with Gasteiger partial charge in [-0.1, -0.05) is 12.1 Å². The van der Waals surface area contributed by atoms with E-state index in [1.807, 2.05) is 12.1 Å². The van der Waals surface area contributed by atoms with Gasteiger partial charge in [0.1, 0.15) is 11.5 Å². The van der Waals surface area contributed by atoms with Crippen molar-refractivity contribution in [2.24, 2.45) is 11.8 Å². The van der Waals surface area contributed by atoms with Gasteiger partial charge in [0, 0.05) is 37.0 Å². The number of pyridine rings is 2. The Kier molecular flexibility index (Phi) is 6.12. The third kappa shape index (κ3) is 4.84. The van der Waals surface area contributed by atoms with E-state index in [-0.39, 0.29) is 22.9 Å². The normalized spacial score (nSPS) is 28.9. The monoisotopic (exact) mass is 465 g/mol. The number of nitrogens with one attached hydrogen (secondary N) is 3. The van der Waals surface area contributed by atoms with Crippen LogP contribution in [0.2, 0.25) is 0 Å². The number of hydrogen-bond donors (Lipinski definition) is 3. The highest BCUT2D eigenvalue weighted by molar-refractivity contribution is 5.92. The van der Waals surface area contributed by atoms with Crippen LogP contribution in [0.1, 0.15) is 49.0 Å². The predicted molar refractivity (Wildman–Crippen MR) is 126 cm³/mol. The Bertz CT molecular complexity index is 1030.